The summed E-state index contributed by atoms with van der Waals surface area (Å²) in [6.45, 7) is 5.98. The summed E-state index contributed by atoms with van der Waals surface area (Å²) in [4.78, 5) is 0. The van der Waals surface area contributed by atoms with Crippen LogP contribution in [0, 0.1) is 5.92 Å². The molecule has 20 heavy (non-hydrogen) atoms. The molecule has 0 radical (unpaired) electrons. The minimum Gasteiger partial charge on any atom is -0.393 e. The van der Waals surface area contributed by atoms with Gasteiger partial charge in [0.15, 0.2) is 0 Å². The number of aryl methyl sites for hydroxylation is 1. The summed E-state index contributed by atoms with van der Waals surface area (Å²) in [7, 11) is 1.88. The van der Waals surface area contributed by atoms with Crippen molar-refractivity contribution in [1.29, 1.82) is 0 Å². The largest absolute Gasteiger partial charge is 0.393 e. The highest BCUT2D eigenvalue weighted by atomic mass is 35.5. The minimum absolute atomic E-state index is 0.108. The van der Waals surface area contributed by atoms with Crippen molar-refractivity contribution in [3.05, 3.63) is 16.4 Å². The second-order valence-corrected chi connectivity index (χ2v) is 6.61. The van der Waals surface area contributed by atoms with E-state index in [4.69, 9.17) is 11.6 Å². The van der Waals surface area contributed by atoms with Crippen LogP contribution >= 0.6 is 11.6 Å². The molecule has 0 amide bonds. The highest BCUT2D eigenvalue weighted by Gasteiger charge is 2.21. The molecule has 4 nitrogen and oxygen atoms in total. The maximum atomic E-state index is 9.70. The molecule has 0 aliphatic heterocycles. The molecule has 1 aromatic rings. The van der Waals surface area contributed by atoms with E-state index in [0.29, 0.717) is 11.8 Å². The second-order valence-electron chi connectivity index (χ2n) is 6.25. The molecule has 2 rings (SSSR count). The summed E-state index contributed by atoms with van der Waals surface area (Å²) in [5.74, 6) is 0.957. The lowest BCUT2D eigenvalue weighted by molar-refractivity contribution is 0.101. The fraction of sp³-hybridized carbons (Fsp3) is 0.800. The van der Waals surface area contributed by atoms with Crippen LogP contribution in [0.5, 0.6) is 0 Å². The maximum absolute atomic E-state index is 9.70. The van der Waals surface area contributed by atoms with Crippen molar-refractivity contribution in [3.63, 3.8) is 0 Å². The molecule has 2 unspecified atom stereocenters. The van der Waals surface area contributed by atoms with Crippen molar-refractivity contribution in [1.82, 2.24) is 15.1 Å². The van der Waals surface area contributed by atoms with Crippen molar-refractivity contribution in [3.8, 4) is 0 Å². The number of aromatic nitrogens is 2. The van der Waals surface area contributed by atoms with Crippen LogP contribution in [0.2, 0.25) is 5.15 Å². The van der Waals surface area contributed by atoms with Gasteiger partial charge in [-0.25, -0.2) is 0 Å². The maximum Gasteiger partial charge on any atom is 0.131 e. The second kappa shape index (κ2) is 6.92. The number of nitrogens with one attached hydrogen (secondary N) is 1. The molecule has 2 N–H and O–H groups in total. The van der Waals surface area contributed by atoms with E-state index in [-0.39, 0.29) is 6.10 Å². The normalized spacial score (nSPS) is 23.5. The van der Waals surface area contributed by atoms with Crippen LogP contribution in [0.15, 0.2) is 0 Å². The first-order valence-corrected chi connectivity index (χ1v) is 7.96. The number of aliphatic hydroxyl groups excluding tert-OH is 1. The van der Waals surface area contributed by atoms with E-state index in [9.17, 15) is 5.11 Å². The summed E-state index contributed by atoms with van der Waals surface area (Å²) in [6.07, 6.45) is 4.12. The summed E-state index contributed by atoms with van der Waals surface area (Å²) < 4.78 is 1.75. The fourth-order valence-electron chi connectivity index (χ4n) is 3.04. The number of nitrogens with zero attached hydrogens (tertiary/aromatic N) is 2. The molecular weight excluding hydrogens is 274 g/mol. The minimum atomic E-state index is -0.108. The van der Waals surface area contributed by atoms with Crippen molar-refractivity contribution in [2.45, 2.75) is 58.1 Å². The van der Waals surface area contributed by atoms with Gasteiger partial charge < -0.3 is 10.4 Å². The predicted molar refractivity (Wildman–Crippen MR) is 82.0 cm³/mol. The van der Waals surface area contributed by atoms with Crippen LogP contribution in [0.25, 0.3) is 0 Å². The molecule has 1 heterocycles. The van der Waals surface area contributed by atoms with Crippen molar-refractivity contribution < 1.29 is 5.11 Å². The van der Waals surface area contributed by atoms with Crippen molar-refractivity contribution >= 4 is 11.6 Å². The van der Waals surface area contributed by atoms with Gasteiger partial charge in [0.1, 0.15) is 5.15 Å². The van der Waals surface area contributed by atoms with Gasteiger partial charge in [0, 0.05) is 19.2 Å². The number of aliphatic hydroxyl groups is 1. The van der Waals surface area contributed by atoms with Crippen LogP contribution in [-0.4, -0.2) is 27.5 Å². The zero-order valence-corrected chi connectivity index (χ0v) is 13.5. The van der Waals surface area contributed by atoms with Gasteiger partial charge in [0.05, 0.1) is 11.8 Å². The molecule has 1 saturated carbocycles. The number of rotatable bonds is 5. The third kappa shape index (κ3) is 3.74. The Labute approximate surface area is 126 Å². The summed E-state index contributed by atoms with van der Waals surface area (Å²) in [5, 5.41) is 18.4. The van der Waals surface area contributed by atoms with Crippen LogP contribution in [0.4, 0.5) is 0 Å². The Morgan fingerprint density at radius 3 is 2.85 bits per heavy atom. The number of hydrogen-bond donors (Lipinski definition) is 2. The van der Waals surface area contributed by atoms with Gasteiger partial charge in [-0.2, -0.15) is 5.10 Å². The van der Waals surface area contributed by atoms with E-state index in [1.165, 1.54) is 6.42 Å². The molecule has 0 aromatic carbocycles. The van der Waals surface area contributed by atoms with Crippen LogP contribution in [0.1, 0.15) is 56.7 Å². The van der Waals surface area contributed by atoms with Crippen molar-refractivity contribution in [2.75, 3.05) is 6.54 Å². The van der Waals surface area contributed by atoms with Crippen molar-refractivity contribution in [2.24, 2.45) is 13.0 Å². The van der Waals surface area contributed by atoms with E-state index in [1.807, 2.05) is 7.05 Å². The molecule has 1 aliphatic carbocycles. The zero-order valence-electron chi connectivity index (χ0n) is 12.7. The molecule has 1 aromatic heterocycles. The fourth-order valence-corrected chi connectivity index (χ4v) is 3.25. The lowest BCUT2D eigenvalue weighted by Gasteiger charge is -2.26. The zero-order chi connectivity index (χ0) is 14.7. The first-order valence-electron chi connectivity index (χ1n) is 7.59. The highest BCUT2D eigenvalue weighted by molar-refractivity contribution is 6.30. The van der Waals surface area contributed by atoms with E-state index in [0.717, 1.165) is 48.8 Å². The van der Waals surface area contributed by atoms with Gasteiger partial charge >= 0.3 is 0 Å². The van der Waals surface area contributed by atoms with Gasteiger partial charge in [-0.15, -0.1) is 0 Å². The summed E-state index contributed by atoms with van der Waals surface area (Å²) in [6, 6.07) is 0. The molecule has 0 bridgehead atoms. The standard InChI is InChI=1S/C15H26ClN3O/c1-10(2)14-13(15(16)19(3)18-14)9-17-8-11-5-4-6-12(20)7-11/h10-12,17,20H,4-9H2,1-3H3. The van der Waals surface area contributed by atoms with Crippen LogP contribution in [-0.2, 0) is 13.6 Å². The molecule has 1 fully saturated rings. The quantitative estimate of drug-likeness (QED) is 0.879. The topological polar surface area (TPSA) is 50.1 Å². The monoisotopic (exact) mass is 299 g/mol. The Balaban J connectivity index is 1.90. The highest BCUT2D eigenvalue weighted by Crippen LogP contribution is 2.26. The lowest BCUT2D eigenvalue weighted by Crippen LogP contribution is -2.29. The average Bonchev–Trinajstić information content (AvgIpc) is 2.67. The van der Waals surface area contributed by atoms with Gasteiger partial charge in [-0.1, -0.05) is 31.9 Å². The molecule has 2 atom stereocenters. The van der Waals surface area contributed by atoms with Crippen LogP contribution < -0.4 is 5.32 Å². The molecule has 5 heteroatoms. The smallest absolute Gasteiger partial charge is 0.131 e. The lowest BCUT2D eigenvalue weighted by atomic mass is 9.87. The van der Waals surface area contributed by atoms with Gasteiger partial charge in [0.2, 0.25) is 0 Å². The van der Waals surface area contributed by atoms with E-state index >= 15 is 0 Å². The summed E-state index contributed by atoms with van der Waals surface area (Å²) >= 11 is 6.32. The molecule has 114 valence electrons. The Morgan fingerprint density at radius 1 is 1.45 bits per heavy atom. The summed E-state index contributed by atoms with van der Waals surface area (Å²) in [5.41, 5.74) is 2.19. The molecule has 0 saturated heterocycles. The third-order valence-electron chi connectivity index (χ3n) is 4.14. The average molecular weight is 300 g/mol. The van der Waals surface area contributed by atoms with Gasteiger partial charge in [-0.05, 0) is 37.6 Å². The third-order valence-corrected chi connectivity index (χ3v) is 4.61. The van der Waals surface area contributed by atoms with Gasteiger partial charge in [-0.3, -0.25) is 4.68 Å². The first-order chi connectivity index (χ1) is 9.49. The van der Waals surface area contributed by atoms with E-state index < -0.39 is 0 Å². The first kappa shape index (κ1) is 15.8. The Kier molecular flexibility index (Phi) is 5.47. The van der Waals surface area contributed by atoms with E-state index in [1.54, 1.807) is 4.68 Å². The predicted octanol–water partition coefficient (Wildman–Crippen LogP) is 2.84. The number of halogens is 1. The SMILES string of the molecule is CC(C)c1nn(C)c(Cl)c1CNCC1CCCC(O)C1. The van der Waals surface area contributed by atoms with E-state index in [2.05, 4.69) is 24.3 Å². The molecule has 0 spiro atoms. The number of hydrogen-bond acceptors (Lipinski definition) is 3. The Morgan fingerprint density at radius 2 is 2.20 bits per heavy atom. The van der Waals surface area contributed by atoms with Gasteiger partial charge in [0.25, 0.3) is 0 Å². The molecular formula is C15H26ClN3O. The Bertz CT molecular complexity index is 445. The van der Waals surface area contributed by atoms with Crippen LogP contribution in [0.3, 0.4) is 0 Å². The Hall–Kier alpha value is -0.580. The molecule has 1 aliphatic rings.